The van der Waals surface area contributed by atoms with E-state index in [9.17, 15) is 5.11 Å². The van der Waals surface area contributed by atoms with Gasteiger partial charge in [0.15, 0.2) is 0 Å². The fraction of sp³-hybridized carbons (Fsp3) is 0.615. The van der Waals surface area contributed by atoms with Gasteiger partial charge in [-0.2, -0.15) is 4.98 Å². The lowest BCUT2D eigenvalue weighted by Crippen LogP contribution is -2.29. The Balaban J connectivity index is 2.77. The van der Waals surface area contributed by atoms with E-state index in [2.05, 4.69) is 10.3 Å². The molecule has 0 aromatic carbocycles. The summed E-state index contributed by atoms with van der Waals surface area (Å²) in [6.45, 7) is 6.77. The van der Waals surface area contributed by atoms with E-state index in [0.717, 1.165) is 6.42 Å². The molecule has 0 amide bonds. The quantitative estimate of drug-likeness (QED) is 0.691. The number of ether oxygens (including phenoxy) is 1. The molecule has 1 heterocycles. The minimum absolute atomic E-state index is 0.0276. The smallest absolute Gasteiger partial charge is 0.239 e. The predicted molar refractivity (Wildman–Crippen MR) is 73.8 cm³/mol. The Morgan fingerprint density at radius 3 is 2.72 bits per heavy atom. The van der Waals surface area contributed by atoms with Crippen molar-refractivity contribution in [3.05, 3.63) is 12.1 Å². The van der Waals surface area contributed by atoms with E-state index >= 15 is 0 Å². The molecule has 4 N–H and O–H groups in total. The van der Waals surface area contributed by atoms with E-state index in [1.807, 2.05) is 20.8 Å². The van der Waals surface area contributed by atoms with E-state index in [-0.39, 0.29) is 12.6 Å². The number of hydrogen-bond acceptors (Lipinski definition) is 5. The number of aromatic nitrogens is 1. The Bertz CT molecular complexity index is 369. The van der Waals surface area contributed by atoms with Crippen LogP contribution in [-0.4, -0.2) is 29.3 Å². The van der Waals surface area contributed by atoms with Crippen LogP contribution >= 0.6 is 0 Å². The number of nitrogen functional groups attached to an aromatic ring is 1. The van der Waals surface area contributed by atoms with Crippen LogP contribution in [0.2, 0.25) is 0 Å². The number of rotatable bonds is 7. The first-order chi connectivity index (χ1) is 8.58. The van der Waals surface area contributed by atoms with Crippen molar-refractivity contribution in [2.24, 2.45) is 5.92 Å². The molecule has 18 heavy (non-hydrogen) atoms. The third kappa shape index (κ3) is 4.07. The fourth-order valence-corrected chi connectivity index (χ4v) is 1.46. The molecular formula is C13H23N3O2. The monoisotopic (exact) mass is 253 g/mol. The van der Waals surface area contributed by atoms with Crippen LogP contribution in [0.4, 0.5) is 11.5 Å². The zero-order chi connectivity index (χ0) is 13.5. The third-order valence-corrected chi connectivity index (χ3v) is 2.67. The van der Waals surface area contributed by atoms with Gasteiger partial charge in [-0.3, -0.25) is 0 Å². The molecular weight excluding hydrogens is 230 g/mol. The lowest BCUT2D eigenvalue weighted by molar-refractivity contribution is 0.248. The van der Waals surface area contributed by atoms with Crippen molar-refractivity contribution in [2.45, 2.75) is 33.2 Å². The van der Waals surface area contributed by atoms with E-state index in [1.54, 1.807) is 12.1 Å². The second kappa shape index (κ2) is 7.06. The van der Waals surface area contributed by atoms with Crippen LogP contribution in [0.1, 0.15) is 27.2 Å². The first-order valence-corrected chi connectivity index (χ1v) is 6.35. The van der Waals surface area contributed by atoms with Crippen LogP contribution in [0.15, 0.2) is 12.1 Å². The third-order valence-electron chi connectivity index (χ3n) is 2.67. The van der Waals surface area contributed by atoms with Crippen LogP contribution in [0.25, 0.3) is 0 Å². The Kier molecular flexibility index (Phi) is 5.71. The van der Waals surface area contributed by atoms with Gasteiger partial charge in [-0.05, 0) is 24.5 Å². The molecule has 0 aliphatic rings. The van der Waals surface area contributed by atoms with Gasteiger partial charge in [-0.15, -0.1) is 0 Å². The predicted octanol–water partition coefficient (Wildman–Crippen LogP) is 1.88. The molecule has 0 bridgehead atoms. The number of pyridine rings is 1. The molecule has 102 valence electrons. The number of nitrogens with one attached hydrogen (secondary N) is 1. The second-order valence-electron chi connectivity index (χ2n) is 4.62. The van der Waals surface area contributed by atoms with Crippen LogP contribution in [-0.2, 0) is 0 Å². The van der Waals surface area contributed by atoms with E-state index in [1.165, 1.54) is 0 Å². The van der Waals surface area contributed by atoms with Crippen LogP contribution in [0, 0.1) is 5.92 Å². The highest BCUT2D eigenvalue weighted by molar-refractivity contribution is 5.53. The molecule has 0 fully saturated rings. The highest BCUT2D eigenvalue weighted by atomic mass is 16.5. The van der Waals surface area contributed by atoms with E-state index in [4.69, 9.17) is 10.5 Å². The van der Waals surface area contributed by atoms with Crippen molar-refractivity contribution in [1.29, 1.82) is 0 Å². The van der Waals surface area contributed by atoms with Gasteiger partial charge in [-0.25, -0.2) is 0 Å². The first-order valence-electron chi connectivity index (χ1n) is 6.35. The highest BCUT2D eigenvalue weighted by Gasteiger charge is 2.13. The van der Waals surface area contributed by atoms with Gasteiger partial charge >= 0.3 is 0 Å². The van der Waals surface area contributed by atoms with Crippen molar-refractivity contribution < 1.29 is 9.84 Å². The fourth-order valence-electron chi connectivity index (χ4n) is 1.46. The molecule has 1 unspecified atom stereocenters. The van der Waals surface area contributed by atoms with Gasteiger partial charge < -0.3 is 20.9 Å². The first kappa shape index (κ1) is 14.6. The molecule has 1 aromatic rings. The van der Waals surface area contributed by atoms with Gasteiger partial charge in [0, 0.05) is 0 Å². The maximum Gasteiger partial charge on any atom is 0.239 e. The van der Waals surface area contributed by atoms with Gasteiger partial charge in [0.2, 0.25) is 5.88 Å². The van der Waals surface area contributed by atoms with Crippen molar-refractivity contribution >= 4 is 11.5 Å². The molecule has 0 spiro atoms. The summed E-state index contributed by atoms with van der Waals surface area (Å²) in [5.41, 5.74) is 6.32. The molecule has 5 heteroatoms. The summed E-state index contributed by atoms with van der Waals surface area (Å²) in [5.74, 6) is 1.43. The second-order valence-corrected chi connectivity index (χ2v) is 4.62. The largest absolute Gasteiger partial charge is 0.476 e. The van der Waals surface area contributed by atoms with E-state index < -0.39 is 0 Å². The summed E-state index contributed by atoms with van der Waals surface area (Å²) in [5, 5.41) is 12.5. The van der Waals surface area contributed by atoms with Crippen LogP contribution < -0.4 is 15.8 Å². The van der Waals surface area contributed by atoms with Crippen molar-refractivity contribution in [2.75, 3.05) is 24.3 Å². The lowest BCUT2D eigenvalue weighted by atomic mass is 10.1. The van der Waals surface area contributed by atoms with Gasteiger partial charge in [0.25, 0.3) is 0 Å². The lowest BCUT2D eigenvalue weighted by Gasteiger charge is -2.21. The summed E-state index contributed by atoms with van der Waals surface area (Å²) >= 11 is 0. The Hall–Kier alpha value is -1.49. The van der Waals surface area contributed by atoms with E-state index in [0.29, 0.717) is 29.9 Å². The SMILES string of the molecule is CCCOc1nc(NC(CO)C(C)C)ccc1N. The van der Waals surface area contributed by atoms with Crippen LogP contribution in [0.3, 0.4) is 0 Å². The number of aliphatic hydroxyl groups excluding tert-OH is 1. The molecule has 0 saturated heterocycles. The summed E-state index contributed by atoms with van der Waals surface area (Å²) in [6, 6.07) is 3.52. The average Bonchev–Trinajstić information content (AvgIpc) is 2.35. The molecule has 0 radical (unpaired) electrons. The zero-order valence-electron chi connectivity index (χ0n) is 11.3. The standard InChI is InChI=1S/C13H23N3O2/c1-4-7-18-13-10(14)5-6-12(16-13)15-11(8-17)9(2)3/h5-6,9,11,17H,4,7-8,14H2,1-3H3,(H,15,16). The molecule has 1 atom stereocenters. The van der Waals surface area contributed by atoms with Gasteiger partial charge in [-0.1, -0.05) is 20.8 Å². The number of aliphatic hydroxyl groups is 1. The minimum atomic E-state index is -0.0276. The minimum Gasteiger partial charge on any atom is -0.476 e. The van der Waals surface area contributed by atoms with Crippen molar-refractivity contribution in [3.8, 4) is 5.88 Å². The maximum absolute atomic E-state index is 9.28. The highest BCUT2D eigenvalue weighted by Crippen LogP contribution is 2.22. The van der Waals surface area contributed by atoms with Crippen molar-refractivity contribution in [1.82, 2.24) is 4.98 Å². The molecule has 5 nitrogen and oxygen atoms in total. The zero-order valence-corrected chi connectivity index (χ0v) is 11.3. The molecule has 1 aromatic heterocycles. The molecule has 1 rings (SSSR count). The summed E-state index contributed by atoms with van der Waals surface area (Å²) in [7, 11) is 0. The average molecular weight is 253 g/mol. The Morgan fingerprint density at radius 2 is 2.17 bits per heavy atom. The number of nitrogens with zero attached hydrogens (tertiary/aromatic N) is 1. The molecule has 0 aliphatic carbocycles. The Morgan fingerprint density at radius 1 is 1.44 bits per heavy atom. The molecule has 0 aliphatic heterocycles. The van der Waals surface area contributed by atoms with Gasteiger partial charge in [0.05, 0.1) is 24.9 Å². The normalized spacial score (nSPS) is 12.5. The summed E-state index contributed by atoms with van der Waals surface area (Å²) in [4.78, 5) is 4.31. The molecule has 0 saturated carbocycles. The number of anilines is 2. The number of hydrogen-bond donors (Lipinski definition) is 3. The topological polar surface area (TPSA) is 80.4 Å². The number of nitrogens with two attached hydrogens (primary N) is 1. The van der Waals surface area contributed by atoms with Gasteiger partial charge in [0.1, 0.15) is 5.82 Å². The summed E-state index contributed by atoms with van der Waals surface area (Å²) < 4.78 is 5.46. The Labute approximate surface area is 108 Å². The van der Waals surface area contributed by atoms with Crippen molar-refractivity contribution in [3.63, 3.8) is 0 Å². The summed E-state index contributed by atoms with van der Waals surface area (Å²) in [6.07, 6.45) is 0.907. The van der Waals surface area contributed by atoms with Crippen LogP contribution in [0.5, 0.6) is 5.88 Å². The maximum atomic E-state index is 9.28.